The van der Waals surface area contributed by atoms with Gasteiger partial charge < -0.3 is 123 Å². The summed E-state index contributed by atoms with van der Waals surface area (Å²) in [5.74, 6) is -1.19. The molecule has 0 aromatic carbocycles. The van der Waals surface area contributed by atoms with Crippen LogP contribution >= 0.6 is 0 Å². The molecule has 0 aromatic heterocycles. The van der Waals surface area contributed by atoms with E-state index in [1.807, 2.05) is 26.8 Å². The van der Waals surface area contributed by atoms with Gasteiger partial charge in [-0.1, -0.05) is 45.9 Å². The number of ether oxygens (including phenoxy) is 12. The Morgan fingerprint density at radius 3 is 1.84 bits per heavy atom. The predicted octanol–water partition coefficient (Wildman–Crippen LogP) is -3.59. The van der Waals surface area contributed by atoms with Crippen molar-refractivity contribution in [2.45, 2.75) is 265 Å². The second-order valence-electron chi connectivity index (χ2n) is 28.1. The number of hydrogen-bond acceptors (Lipinski definition) is 30. The number of cyclic esters (lactones) is 1. The van der Waals surface area contributed by atoms with Crippen LogP contribution in [0.2, 0.25) is 0 Å². The van der Waals surface area contributed by atoms with Crippen LogP contribution in [0.5, 0.6) is 0 Å². The third-order valence-corrected chi connectivity index (χ3v) is 23.0. The highest BCUT2D eigenvalue weighted by Crippen LogP contribution is 2.76. The Kier molecular flexibility index (Phi) is 21.2. The fourth-order valence-corrected chi connectivity index (χ4v) is 17.8. The van der Waals surface area contributed by atoms with Crippen LogP contribution in [0.25, 0.3) is 0 Å². The minimum Gasteiger partial charge on any atom is -0.458 e. The van der Waals surface area contributed by atoms with Gasteiger partial charge in [0.05, 0.1) is 44.7 Å². The van der Waals surface area contributed by atoms with Crippen LogP contribution < -0.4 is 0 Å². The number of fused-ring (bicyclic) bond motifs is 4. The second kappa shape index (κ2) is 27.0. The molecule has 31 nitrogen and oxygen atoms in total. The van der Waals surface area contributed by atoms with E-state index in [2.05, 4.69) is 24.6 Å². The van der Waals surface area contributed by atoms with E-state index in [1.54, 1.807) is 6.92 Å². The van der Waals surface area contributed by atoms with Crippen LogP contribution in [0.15, 0.2) is 23.8 Å². The van der Waals surface area contributed by atoms with Crippen molar-refractivity contribution in [1.82, 2.24) is 0 Å². The van der Waals surface area contributed by atoms with E-state index in [9.17, 15) is 88.9 Å². The molecule has 3 saturated carbocycles. The SMILES string of the molecule is C=C(C)C(=O)CCC1(C)OC(=O)C23C(O)C=C4C(CCC5C4(C)CCC(OC4OCC(OC6OC(COS(=O)(=O)O)C(O)C(O)C6O)C(O)C4OC4OC(C)C(OC6OC(CO)C(O)C(OC7OC(CO)C(O)C(OC)C7O)C6O)C(O)C4O)C5(C)C)C2(C)CCC13. The van der Waals surface area contributed by atoms with Crippen LogP contribution in [0, 0.1) is 39.4 Å². The first kappa shape index (κ1) is 72.3. The van der Waals surface area contributed by atoms with Crippen LogP contribution in [-0.4, -0.2) is 290 Å². The Balaban J connectivity index is 0.882. The lowest BCUT2D eigenvalue weighted by molar-refractivity contribution is -0.394. The minimum absolute atomic E-state index is 0.120. The van der Waals surface area contributed by atoms with Gasteiger partial charge in [0.15, 0.2) is 37.2 Å². The van der Waals surface area contributed by atoms with Crippen molar-refractivity contribution in [3.63, 3.8) is 0 Å². The van der Waals surface area contributed by atoms with Crippen molar-refractivity contribution in [3.8, 4) is 0 Å². The first-order chi connectivity index (χ1) is 43.0. The fraction of sp³-hybridized carbons (Fsp3) is 0.900. The molecule has 32 heteroatoms. The first-order valence-corrected chi connectivity index (χ1v) is 32.9. The Labute approximate surface area is 532 Å². The number of carbonyl (C=O) groups excluding carboxylic acids is 2. The zero-order chi connectivity index (χ0) is 67.4. The number of carbonyl (C=O) groups is 2. The van der Waals surface area contributed by atoms with E-state index in [4.69, 9.17) is 56.8 Å². The van der Waals surface area contributed by atoms with E-state index in [0.29, 0.717) is 50.5 Å². The topological polar surface area (TPSA) is 471 Å². The minimum atomic E-state index is -5.10. The van der Waals surface area contributed by atoms with Crippen LogP contribution in [0.4, 0.5) is 0 Å². The molecular formula is C60H94O31S. The summed E-state index contributed by atoms with van der Waals surface area (Å²) in [7, 11) is -3.93. The van der Waals surface area contributed by atoms with E-state index >= 15 is 0 Å². The Bertz CT molecular complexity index is 2790. The summed E-state index contributed by atoms with van der Waals surface area (Å²) in [6.45, 7) is 13.7. The Hall–Kier alpha value is -2.47. The van der Waals surface area contributed by atoms with Crippen LogP contribution in [0.3, 0.4) is 0 Å². The highest BCUT2D eigenvalue weighted by molar-refractivity contribution is 7.80. The molecule has 10 rings (SSSR count). The maximum absolute atomic E-state index is 14.5. The lowest BCUT2D eigenvalue weighted by atomic mass is 9.40. The average molecular weight is 1340 g/mol. The monoisotopic (exact) mass is 1340 g/mol. The number of rotatable bonds is 20. The van der Waals surface area contributed by atoms with Gasteiger partial charge in [-0.15, -0.1) is 0 Å². The van der Waals surface area contributed by atoms with Crippen molar-refractivity contribution in [3.05, 3.63) is 23.8 Å². The van der Waals surface area contributed by atoms with Crippen molar-refractivity contribution in [1.29, 1.82) is 0 Å². The van der Waals surface area contributed by atoms with Gasteiger partial charge in [0.25, 0.3) is 0 Å². The maximum Gasteiger partial charge on any atom is 0.397 e. The van der Waals surface area contributed by atoms with Crippen molar-refractivity contribution >= 4 is 22.2 Å². The molecule has 33 unspecified atom stereocenters. The molecule has 9 fully saturated rings. The largest absolute Gasteiger partial charge is 0.458 e. The molecule has 0 amide bonds. The number of ketones is 1. The number of hydrogen-bond donors (Lipinski definition) is 14. The second-order valence-corrected chi connectivity index (χ2v) is 29.2. The molecule has 6 saturated heterocycles. The summed E-state index contributed by atoms with van der Waals surface area (Å²) in [4.78, 5) is 27.3. The highest BCUT2D eigenvalue weighted by Gasteiger charge is 2.79. The summed E-state index contributed by atoms with van der Waals surface area (Å²) < 4.78 is 109. The third kappa shape index (κ3) is 12.4. The molecule has 0 radical (unpaired) electrons. The van der Waals surface area contributed by atoms with E-state index < -0.39 is 230 Å². The molecular weight excluding hydrogens is 1250 g/mol. The summed E-state index contributed by atoms with van der Waals surface area (Å²) in [6.07, 6.45) is -38.5. The Morgan fingerprint density at radius 1 is 0.641 bits per heavy atom. The number of aliphatic hydroxyl groups excluding tert-OH is 13. The number of allylic oxidation sites excluding steroid dienone is 2. The molecule has 0 bridgehead atoms. The molecule has 4 aliphatic carbocycles. The summed E-state index contributed by atoms with van der Waals surface area (Å²) in [6, 6.07) is 0. The van der Waals surface area contributed by atoms with Gasteiger partial charge in [-0.05, 0) is 99.4 Å². The smallest absolute Gasteiger partial charge is 0.397 e. The standard InChI is InChI=1S/C60H94O31S/c1-23(2)27(63)12-17-59(8)33-13-16-58(7)25-10-11-32-56(4,5)35(14-15-57(32,6)26(25)18-34(64)60(33,58)55(75)91-59)87-54-49(39(68)30(21-80-54)85-51-42(71)40(69)36(65)31(86-51)22-81-92(76,77)78)90-50-43(72)41(70)46(24(3)82-50)88-53-45(74)48(38(67)29(20-62)84-53)89-52-44(73)47(79-9)37(66)28(19-61)83-52/h18,24-25,28-54,61-62,64-74H,1,10-17,19-22H2,2-9H3,(H,76,77,78). The van der Waals surface area contributed by atoms with Gasteiger partial charge in [-0.3, -0.25) is 14.1 Å². The number of Topliss-reactive ketones (excluding diaryl/α,β-unsaturated/α-hetero) is 1. The number of esters is 1. The van der Waals surface area contributed by atoms with Crippen LogP contribution in [0.1, 0.15) is 99.8 Å². The van der Waals surface area contributed by atoms with Gasteiger partial charge in [0, 0.05) is 19.4 Å². The van der Waals surface area contributed by atoms with Crippen molar-refractivity contribution in [2.24, 2.45) is 39.4 Å². The van der Waals surface area contributed by atoms with E-state index in [1.165, 1.54) is 14.0 Å². The molecule has 526 valence electrons. The van der Waals surface area contributed by atoms with E-state index in [0.717, 1.165) is 5.57 Å². The first-order valence-electron chi connectivity index (χ1n) is 31.5. The number of methoxy groups -OCH3 is 1. The van der Waals surface area contributed by atoms with Crippen molar-refractivity contribution < 1.29 is 150 Å². The van der Waals surface area contributed by atoms with E-state index in [-0.39, 0.29) is 30.0 Å². The van der Waals surface area contributed by atoms with Gasteiger partial charge >= 0.3 is 16.4 Å². The van der Waals surface area contributed by atoms with Crippen LogP contribution in [-0.2, 0) is 81.0 Å². The number of aliphatic hydroxyl groups is 13. The summed E-state index contributed by atoms with van der Waals surface area (Å²) >= 11 is 0. The summed E-state index contributed by atoms with van der Waals surface area (Å²) in [5, 5.41) is 146. The maximum atomic E-state index is 14.5. The van der Waals surface area contributed by atoms with Gasteiger partial charge in [-0.25, -0.2) is 4.18 Å². The quantitative estimate of drug-likeness (QED) is 0.0184. The highest BCUT2D eigenvalue weighted by atomic mass is 32.3. The van der Waals surface area contributed by atoms with Gasteiger partial charge in [-0.2, -0.15) is 8.42 Å². The fourth-order valence-electron chi connectivity index (χ4n) is 17.5. The average Bonchev–Trinajstić information content (AvgIpc) is 1.45. The molecule has 33 atom stereocenters. The zero-order valence-corrected chi connectivity index (χ0v) is 53.4. The lowest BCUT2D eigenvalue weighted by Gasteiger charge is -2.64. The molecule has 92 heavy (non-hydrogen) atoms. The van der Waals surface area contributed by atoms with Crippen molar-refractivity contribution in [2.75, 3.05) is 33.5 Å². The molecule has 0 aromatic rings. The zero-order valence-electron chi connectivity index (χ0n) is 52.6. The third-order valence-electron chi connectivity index (χ3n) is 22.6. The predicted molar refractivity (Wildman–Crippen MR) is 305 cm³/mol. The van der Waals surface area contributed by atoms with Gasteiger partial charge in [0.1, 0.15) is 121 Å². The molecule has 1 spiro atoms. The molecule has 6 heterocycles. The molecule has 10 aliphatic rings. The lowest BCUT2D eigenvalue weighted by Crippen LogP contribution is -2.67. The normalized spacial score (nSPS) is 51.0. The molecule has 14 N–H and O–H groups in total. The van der Waals surface area contributed by atoms with Gasteiger partial charge in [0.2, 0.25) is 0 Å². The molecule has 6 aliphatic heterocycles. The Morgan fingerprint density at radius 2 is 1.22 bits per heavy atom. The summed E-state index contributed by atoms with van der Waals surface area (Å²) in [5.41, 5.74) is -2.78.